The zero-order valence-corrected chi connectivity index (χ0v) is 15.8. The molecule has 3 N–H and O–H groups in total. The summed E-state index contributed by atoms with van der Waals surface area (Å²) in [4.78, 5) is 27.5. The summed E-state index contributed by atoms with van der Waals surface area (Å²) in [5, 5.41) is 7.54. The van der Waals surface area contributed by atoms with Crippen LogP contribution in [-0.4, -0.2) is 42.3 Å². The van der Waals surface area contributed by atoms with Crippen LogP contribution >= 0.6 is 0 Å². The zero-order valence-electron chi connectivity index (χ0n) is 15.8. The molecule has 4 rings (SSSR count). The number of fused-ring (bicyclic) bond motifs is 2. The number of aromatic nitrogens is 1. The van der Waals surface area contributed by atoms with E-state index < -0.39 is 17.9 Å². The van der Waals surface area contributed by atoms with E-state index in [9.17, 15) is 9.59 Å². The van der Waals surface area contributed by atoms with Crippen molar-refractivity contribution in [1.82, 2.24) is 15.7 Å². The molecule has 0 spiro atoms. The molecule has 0 saturated carbocycles. The van der Waals surface area contributed by atoms with Crippen molar-refractivity contribution < 1.29 is 19.1 Å². The van der Waals surface area contributed by atoms with Crippen molar-refractivity contribution in [1.29, 1.82) is 0 Å². The van der Waals surface area contributed by atoms with Crippen LogP contribution in [0.4, 0.5) is 0 Å². The summed E-state index contributed by atoms with van der Waals surface area (Å²) >= 11 is 0. The van der Waals surface area contributed by atoms with E-state index in [-0.39, 0.29) is 13.2 Å². The quantitative estimate of drug-likeness (QED) is 0.455. The highest BCUT2D eigenvalue weighted by Gasteiger charge is 2.27. The van der Waals surface area contributed by atoms with Gasteiger partial charge in [-0.15, -0.1) is 0 Å². The molecule has 2 heterocycles. The number of hydrogen-bond donors (Lipinski definition) is 3. The minimum absolute atomic E-state index is 0.0858. The van der Waals surface area contributed by atoms with Crippen LogP contribution in [0.15, 0.2) is 53.6 Å². The number of amides is 2. The van der Waals surface area contributed by atoms with Crippen LogP contribution in [0, 0.1) is 6.92 Å². The highest BCUT2D eigenvalue weighted by molar-refractivity contribution is 6.01. The molecule has 1 aliphatic rings. The van der Waals surface area contributed by atoms with Crippen LogP contribution in [-0.2, 0) is 9.59 Å². The average Bonchev–Trinajstić information content (AvgIpc) is 3.07. The van der Waals surface area contributed by atoms with Crippen molar-refractivity contribution >= 4 is 28.9 Å². The van der Waals surface area contributed by atoms with Crippen LogP contribution in [0.2, 0.25) is 0 Å². The van der Waals surface area contributed by atoms with E-state index in [1.165, 1.54) is 0 Å². The summed E-state index contributed by atoms with van der Waals surface area (Å²) < 4.78 is 11.1. The molecule has 1 aromatic heterocycles. The Hall–Kier alpha value is -3.81. The lowest BCUT2D eigenvalue weighted by Crippen LogP contribution is -2.46. The molecule has 148 valence electrons. The summed E-state index contributed by atoms with van der Waals surface area (Å²) in [5.41, 5.74) is 5.27. The van der Waals surface area contributed by atoms with Gasteiger partial charge in [-0.2, -0.15) is 5.10 Å². The van der Waals surface area contributed by atoms with Gasteiger partial charge in [-0.05, 0) is 25.1 Å². The number of hydrazone groups is 1. The monoisotopic (exact) mass is 392 g/mol. The number of nitrogens with one attached hydrogen (secondary N) is 3. The van der Waals surface area contributed by atoms with Crippen LogP contribution in [0.5, 0.6) is 11.5 Å². The second kappa shape index (κ2) is 8.05. The topological polar surface area (TPSA) is 105 Å². The first-order valence-corrected chi connectivity index (χ1v) is 9.17. The highest BCUT2D eigenvalue weighted by Crippen LogP contribution is 2.30. The number of H-pyrrole nitrogens is 1. The molecule has 1 aliphatic heterocycles. The maximum absolute atomic E-state index is 12.2. The SMILES string of the molecule is Cc1[nH]c2ccccc2c1/C=N\NC(=O)CNC(=O)[C@H]1COc2ccccc2O1. The first kappa shape index (κ1) is 18.5. The van der Waals surface area contributed by atoms with Crippen molar-refractivity contribution in [3.05, 3.63) is 59.8 Å². The minimum Gasteiger partial charge on any atom is -0.485 e. The molecular formula is C21H20N4O4. The Labute approximate surface area is 166 Å². The fraction of sp³-hybridized carbons (Fsp3) is 0.190. The number of rotatable bonds is 5. The molecule has 0 aliphatic carbocycles. The van der Waals surface area contributed by atoms with E-state index in [1.54, 1.807) is 24.4 Å². The van der Waals surface area contributed by atoms with E-state index in [0.29, 0.717) is 11.5 Å². The van der Waals surface area contributed by atoms with Gasteiger partial charge in [0.05, 0.1) is 12.8 Å². The van der Waals surface area contributed by atoms with Gasteiger partial charge in [0, 0.05) is 22.2 Å². The minimum atomic E-state index is -0.810. The number of nitrogens with zero attached hydrogens (tertiary/aromatic N) is 1. The normalized spacial score (nSPS) is 15.4. The standard InChI is InChI=1S/C21H20N4O4/c1-13-15(14-6-2-3-7-16(14)24-13)10-23-25-20(26)11-22-21(27)19-12-28-17-8-4-5-9-18(17)29-19/h2-10,19,24H,11-12H2,1H3,(H,22,27)(H,25,26)/b23-10-/t19-/m1/s1. The summed E-state index contributed by atoms with van der Waals surface area (Å²) in [5.74, 6) is 0.230. The summed E-state index contributed by atoms with van der Waals surface area (Å²) in [6, 6.07) is 15.0. The molecule has 0 bridgehead atoms. The number of para-hydroxylation sites is 3. The first-order valence-electron chi connectivity index (χ1n) is 9.17. The second-order valence-electron chi connectivity index (χ2n) is 6.58. The van der Waals surface area contributed by atoms with E-state index in [2.05, 4.69) is 20.8 Å². The third-order valence-corrected chi connectivity index (χ3v) is 4.55. The lowest BCUT2D eigenvalue weighted by Gasteiger charge is -2.25. The molecule has 29 heavy (non-hydrogen) atoms. The van der Waals surface area contributed by atoms with Crippen LogP contribution in [0.1, 0.15) is 11.3 Å². The van der Waals surface area contributed by atoms with Crippen molar-refractivity contribution in [2.75, 3.05) is 13.2 Å². The Bertz CT molecular complexity index is 1090. The van der Waals surface area contributed by atoms with E-state index in [0.717, 1.165) is 22.2 Å². The van der Waals surface area contributed by atoms with Crippen molar-refractivity contribution in [3.8, 4) is 11.5 Å². The van der Waals surface area contributed by atoms with Crippen LogP contribution in [0.25, 0.3) is 10.9 Å². The Balaban J connectivity index is 1.28. The average molecular weight is 392 g/mol. The number of aromatic amines is 1. The zero-order chi connectivity index (χ0) is 20.2. The third-order valence-electron chi connectivity index (χ3n) is 4.55. The summed E-state index contributed by atoms with van der Waals surface area (Å²) in [7, 11) is 0. The molecule has 0 saturated heterocycles. The largest absolute Gasteiger partial charge is 0.485 e. The lowest BCUT2D eigenvalue weighted by atomic mass is 10.1. The molecule has 0 radical (unpaired) electrons. The highest BCUT2D eigenvalue weighted by atomic mass is 16.6. The third kappa shape index (κ3) is 4.06. The van der Waals surface area contributed by atoms with Crippen LogP contribution < -0.4 is 20.2 Å². The van der Waals surface area contributed by atoms with Crippen LogP contribution in [0.3, 0.4) is 0 Å². The number of aryl methyl sites for hydroxylation is 1. The van der Waals surface area contributed by atoms with Gasteiger partial charge in [-0.3, -0.25) is 9.59 Å². The molecule has 8 heteroatoms. The molecule has 8 nitrogen and oxygen atoms in total. The number of benzene rings is 2. The molecule has 1 atom stereocenters. The van der Waals surface area contributed by atoms with Gasteiger partial charge in [0.25, 0.3) is 11.8 Å². The Morgan fingerprint density at radius 3 is 2.79 bits per heavy atom. The van der Waals surface area contributed by atoms with E-state index in [1.807, 2.05) is 37.3 Å². The Morgan fingerprint density at radius 1 is 1.17 bits per heavy atom. The van der Waals surface area contributed by atoms with Gasteiger partial charge >= 0.3 is 0 Å². The van der Waals surface area contributed by atoms with Gasteiger partial charge in [0.1, 0.15) is 6.61 Å². The Kier molecular flexibility index (Phi) is 5.15. The second-order valence-corrected chi connectivity index (χ2v) is 6.58. The number of carbonyl (C=O) groups is 2. The number of ether oxygens (including phenoxy) is 2. The Morgan fingerprint density at radius 2 is 1.93 bits per heavy atom. The number of carbonyl (C=O) groups excluding carboxylic acids is 2. The van der Waals surface area contributed by atoms with Gasteiger partial charge in [-0.25, -0.2) is 5.43 Å². The summed E-state index contributed by atoms with van der Waals surface area (Å²) in [6.45, 7) is 1.81. The number of hydrogen-bond acceptors (Lipinski definition) is 5. The van der Waals surface area contributed by atoms with Gasteiger partial charge in [0.15, 0.2) is 11.5 Å². The van der Waals surface area contributed by atoms with E-state index >= 15 is 0 Å². The molecule has 0 unspecified atom stereocenters. The van der Waals surface area contributed by atoms with Crippen molar-refractivity contribution in [2.45, 2.75) is 13.0 Å². The van der Waals surface area contributed by atoms with Crippen molar-refractivity contribution in [2.24, 2.45) is 5.10 Å². The molecule has 2 aromatic carbocycles. The smallest absolute Gasteiger partial charge is 0.265 e. The first-order chi connectivity index (χ1) is 14.1. The predicted molar refractivity (Wildman–Crippen MR) is 108 cm³/mol. The fourth-order valence-corrected chi connectivity index (χ4v) is 3.10. The fourth-order valence-electron chi connectivity index (χ4n) is 3.10. The van der Waals surface area contributed by atoms with Gasteiger partial charge < -0.3 is 19.8 Å². The lowest BCUT2D eigenvalue weighted by molar-refractivity contribution is -0.132. The summed E-state index contributed by atoms with van der Waals surface area (Å²) in [6.07, 6.45) is 0.776. The molecular weight excluding hydrogens is 372 g/mol. The maximum atomic E-state index is 12.2. The molecule has 3 aromatic rings. The molecule has 0 fully saturated rings. The maximum Gasteiger partial charge on any atom is 0.265 e. The van der Waals surface area contributed by atoms with E-state index in [4.69, 9.17) is 9.47 Å². The van der Waals surface area contributed by atoms with Gasteiger partial charge in [0.2, 0.25) is 6.10 Å². The predicted octanol–water partition coefficient (Wildman–Crippen LogP) is 1.88. The van der Waals surface area contributed by atoms with Crippen molar-refractivity contribution in [3.63, 3.8) is 0 Å². The molecule has 2 amide bonds. The van der Waals surface area contributed by atoms with Gasteiger partial charge in [-0.1, -0.05) is 30.3 Å².